The number of benzene rings is 1. The highest BCUT2D eigenvalue weighted by molar-refractivity contribution is 5.84. The van der Waals surface area contributed by atoms with E-state index in [0.29, 0.717) is 17.6 Å². The van der Waals surface area contributed by atoms with Gasteiger partial charge in [-0.2, -0.15) is 0 Å². The van der Waals surface area contributed by atoms with Crippen molar-refractivity contribution in [1.82, 2.24) is 5.32 Å². The predicted molar refractivity (Wildman–Crippen MR) is 79.9 cm³/mol. The Kier molecular flexibility index (Phi) is 7.25. The molecule has 0 aliphatic carbocycles. The Labute approximate surface area is 132 Å². The van der Waals surface area contributed by atoms with Crippen LogP contribution in [-0.2, 0) is 14.4 Å². The zero-order valence-electron chi connectivity index (χ0n) is 12.4. The summed E-state index contributed by atoms with van der Waals surface area (Å²) in [5.74, 6) is -1.88. The third-order valence-corrected chi connectivity index (χ3v) is 2.93. The van der Waals surface area contributed by atoms with Gasteiger partial charge in [-0.1, -0.05) is 0 Å². The van der Waals surface area contributed by atoms with Gasteiger partial charge in [0, 0.05) is 12.0 Å². The molecule has 0 spiro atoms. The lowest BCUT2D eigenvalue weighted by Gasteiger charge is -2.14. The first-order valence-electron chi connectivity index (χ1n) is 6.91. The average Bonchev–Trinajstić information content (AvgIpc) is 2.51. The van der Waals surface area contributed by atoms with Crippen LogP contribution in [0.5, 0.6) is 5.75 Å². The maximum Gasteiger partial charge on any atom is 0.326 e. The molecular formula is C15H18N2O6. The Balaban J connectivity index is 2.37. The van der Waals surface area contributed by atoms with Crippen molar-refractivity contribution in [3.8, 4) is 5.75 Å². The van der Waals surface area contributed by atoms with Gasteiger partial charge in [-0.15, -0.1) is 0 Å². The molecule has 8 nitrogen and oxygen atoms in total. The molecule has 1 atom stereocenters. The fourth-order valence-electron chi connectivity index (χ4n) is 1.71. The van der Waals surface area contributed by atoms with E-state index in [-0.39, 0.29) is 25.9 Å². The van der Waals surface area contributed by atoms with Gasteiger partial charge >= 0.3 is 5.97 Å². The van der Waals surface area contributed by atoms with Crippen molar-refractivity contribution in [2.24, 2.45) is 5.73 Å². The number of nitrogens with one attached hydrogen (secondary N) is 1. The molecule has 124 valence electrons. The van der Waals surface area contributed by atoms with Gasteiger partial charge in [0.2, 0.25) is 11.8 Å². The molecule has 0 radical (unpaired) electrons. The summed E-state index contributed by atoms with van der Waals surface area (Å²) in [6.07, 6.45) is 0.465. The average molecular weight is 322 g/mol. The number of hydrogen-bond acceptors (Lipinski definition) is 5. The van der Waals surface area contributed by atoms with Crippen LogP contribution in [0.15, 0.2) is 24.3 Å². The van der Waals surface area contributed by atoms with Gasteiger partial charge in [-0.05, 0) is 30.7 Å². The monoisotopic (exact) mass is 322 g/mol. The van der Waals surface area contributed by atoms with Gasteiger partial charge in [0.1, 0.15) is 18.1 Å². The number of carbonyl (C=O) groups is 4. The second kappa shape index (κ2) is 9.19. The Bertz CT molecular complexity index is 570. The lowest BCUT2D eigenvalue weighted by molar-refractivity contribution is -0.142. The summed E-state index contributed by atoms with van der Waals surface area (Å²) in [6, 6.07) is 5.17. The van der Waals surface area contributed by atoms with Crippen LogP contribution in [0.4, 0.5) is 0 Å². The van der Waals surface area contributed by atoms with Crippen LogP contribution < -0.4 is 15.8 Å². The molecule has 1 unspecified atom stereocenters. The van der Waals surface area contributed by atoms with Gasteiger partial charge in [0.05, 0.1) is 13.0 Å². The molecule has 0 aliphatic rings. The van der Waals surface area contributed by atoms with E-state index in [0.717, 1.165) is 0 Å². The number of carboxylic acids is 1. The summed E-state index contributed by atoms with van der Waals surface area (Å²) in [5.41, 5.74) is 5.46. The molecule has 1 aromatic carbocycles. The van der Waals surface area contributed by atoms with E-state index in [1.807, 2.05) is 0 Å². The lowest BCUT2D eigenvalue weighted by Crippen LogP contribution is -2.41. The molecule has 0 saturated heterocycles. The minimum absolute atomic E-state index is 0.0458. The lowest BCUT2D eigenvalue weighted by atomic mass is 10.1. The highest BCUT2D eigenvalue weighted by atomic mass is 16.5. The standard InChI is InChI=1S/C15H18N2O6/c16-13(19)6-5-12(15(21)22)17-14(20)7-8-23-11-3-1-10(9-18)2-4-11/h1-4,9,12H,5-8H2,(H2,16,19)(H,17,20)(H,21,22). The maximum atomic E-state index is 11.7. The summed E-state index contributed by atoms with van der Waals surface area (Å²) in [5, 5.41) is 11.3. The summed E-state index contributed by atoms with van der Waals surface area (Å²) in [7, 11) is 0. The summed E-state index contributed by atoms with van der Waals surface area (Å²) in [4.78, 5) is 43.8. The van der Waals surface area contributed by atoms with Crippen molar-refractivity contribution in [3.05, 3.63) is 29.8 Å². The molecule has 1 rings (SSSR count). The van der Waals surface area contributed by atoms with Gasteiger partial charge < -0.3 is 20.9 Å². The summed E-state index contributed by atoms with van der Waals surface area (Å²) >= 11 is 0. The number of hydrogen-bond donors (Lipinski definition) is 3. The van der Waals surface area contributed by atoms with Crippen molar-refractivity contribution in [2.45, 2.75) is 25.3 Å². The Morgan fingerprint density at radius 1 is 1.22 bits per heavy atom. The van der Waals surface area contributed by atoms with Crippen LogP contribution in [0.1, 0.15) is 29.6 Å². The zero-order valence-corrected chi connectivity index (χ0v) is 12.4. The number of carbonyl (C=O) groups excluding carboxylic acids is 3. The van der Waals surface area contributed by atoms with Crippen LogP contribution in [-0.4, -0.2) is 41.8 Å². The van der Waals surface area contributed by atoms with E-state index in [2.05, 4.69) is 5.32 Å². The molecule has 0 saturated carbocycles. The fraction of sp³-hybridized carbons (Fsp3) is 0.333. The molecule has 0 aromatic heterocycles. The van der Waals surface area contributed by atoms with Crippen LogP contribution in [0.3, 0.4) is 0 Å². The van der Waals surface area contributed by atoms with Gasteiger partial charge in [0.25, 0.3) is 0 Å². The van der Waals surface area contributed by atoms with E-state index >= 15 is 0 Å². The Morgan fingerprint density at radius 3 is 2.39 bits per heavy atom. The first-order valence-corrected chi connectivity index (χ1v) is 6.91. The van der Waals surface area contributed by atoms with E-state index in [1.165, 1.54) is 0 Å². The number of amides is 2. The van der Waals surface area contributed by atoms with E-state index in [9.17, 15) is 19.2 Å². The number of carboxylic acid groups (broad SMARTS) is 1. The number of nitrogens with two attached hydrogens (primary N) is 1. The van der Waals surface area contributed by atoms with Crippen molar-refractivity contribution >= 4 is 24.1 Å². The molecule has 0 aliphatic heterocycles. The second-order valence-electron chi connectivity index (χ2n) is 4.75. The number of primary amides is 1. The normalized spacial score (nSPS) is 11.3. The van der Waals surface area contributed by atoms with Gasteiger partial charge in [0.15, 0.2) is 0 Å². The van der Waals surface area contributed by atoms with Crippen LogP contribution >= 0.6 is 0 Å². The summed E-state index contributed by atoms with van der Waals surface area (Å²) < 4.78 is 5.32. The van der Waals surface area contributed by atoms with E-state index in [4.69, 9.17) is 15.6 Å². The van der Waals surface area contributed by atoms with Crippen molar-refractivity contribution in [1.29, 1.82) is 0 Å². The third-order valence-electron chi connectivity index (χ3n) is 2.93. The molecule has 23 heavy (non-hydrogen) atoms. The minimum Gasteiger partial charge on any atom is -0.493 e. The van der Waals surface area contributed by atoms with Crippen LogP contribution in [0.25, 0.3) is 0 Å². The molecule has 1 aromatic rings. The Hall–Kier alpha value is -2.90. The first-order chi connectivity index (χ1) is 10.9. The maximum absolute atomic E-state index is 11.7. The fourth-order valence-corrected chi connectivity index (χ4v) is 1.71. The SMILES string of the molecule is NC(=O)CCC(NC(=O)CCOc1ccc(C=O)cc1)C(=O)O. The van der Waals surface area contributed by atoms with Crippen molar-refractivity contribution in [3.63, 3.8) is 0 Å². The number of rotatable bonds is 10. The smallest absolute Gasteiger partial charge is 0.326 e. The van der Waals surface area contributed by atoms with Crippen LogP contribution in [0, 0.1) is 0 Å². The number of ether oxygens (including phenoxy) is 1. The molecule has 2 amide bonds. The van der Waals surface area contributed by atoms with Crippen molar-refractivity contribution < 1.29 is 29.0 Å². The van der Waals surface area contributed by atoms with E-state index < -0.39 is 23.8 Å². The number of aldehydes is 1. The quantitative estimate of drug-likeness (QED) is 0.523. The topological polar surface area (TPSA) is 136 Å². The summed E-state index contributed by atoms with van der Waals surface area (Å²) in [6.45, 7) is 0.0500. The van der Waals surface area contributed by atoms with Crippen LogP contribution in [0.2, 0.25) is 0 Å². The first kappa shape index (κ1) is 18.1. The predicted octanol–water partition coefficient (Wildman–Crippen LogP) is 0.103. The third kappa shape index (κ3) is 7.07. The van der Waals surface area contributed by atoms with Crippen molar-refractivity contribution in [2.75, 3.05) is 6.61 Å². The molecule has 0 fully saturated rings. The molecule has 4 N–H and O–H groups in total. The minimum atomic E-state index is -1.23. The molecule has 0 heterocycles. The Morgan fingerprint density at radius 2 is 1.87 bits per heavy atom. The second-order valence-corrected chi connectivity index (χ2v) is 4.75. The van der Waals surface area contributed by atoms with Gasteiger partial charge in [-0.3, -0.25) is 14.4 Å². The molecular weight excluding hydrogens is 304 g/mol. The highest BCUT2D eigenvalue weighted by Gasteiger charge is 2.20. The van der Waals surface area contributed by atoms with E-state index in [1.54, 1.807) is 24.3 Å². The van der Waals surface area contributed by atoms with Gasteiger partial charge in [-0.25, -0.2) is 4.79 Å². The number of aliphatic carboxylic acids is 1. The zero-order chi connectivity index (χ0) is 17.2. The molecule has 8 heteroatoms. The highest BCUT2D eigenvalue weighted by Crippen LogP contribution is 2.11. The largest absolute Gasteiger partial charge is 0.493 e. The molecule has 0 bridgehead atoms.